The van der Waals surface area contributed by atoms with Gasteiger partial charge in [0.1, 0.15) is 0 Å². The molecular formula is C12H17FNO6P. The van der Waals surface area contributed by atoms with Crippen molar-refractivity contribution in [3.63, 3.8) is 0 Å². The van der Waals surface area contributed by atoms with Gasteiger partial charge in [0.25, 0.3) is 0 Å². The SMILES string of the molecule is CCC(C)OP(=O)(O)Cc1cc(F)c(OC)c([N+](=O)[O-])c1. The topological polar surface area (TPSA) is 98.9 Å². The Labute approximate surface area is 121 Å². The molecule has 1 N–H and O–H groups in total. The summed E-state index contributed by atoms with van der Waals surface area (Å²) in [5.41, 5.74) is -0.606. The maximum Gasteiger partial charge on any atom is 0.332 e. The molecule has 0 saturated heterocycles. The number of hydrogen-bond donors (Lipinski definition) is 1. The van der Waals surface area contributed by atoms with E-state index in [4.69, 9.17) is 4.52 Å². The molecule has 0 amide bonds. The van der Waals surface area contributed by atoms with E-state index in [1.165, 1.54) is 0 Å². The summed E-state index contributed by atoms with van der Waals surface area (Å²) >= 11 is 0. The summed E-state index contributed by atoms with van der Waals surface area (Å²) in [7, 11) is -2.91. The van der Waals surface area contributed by atoms with Gasteiger partial charge in [0.15, 0.2) is 5.82 Å². The fourth-order valence-electron chi connectivity index (χ4n) is 1.69. The van der Waals surface area contributed by atoms with E-state index in [0.29, 0.717) is 6.42 Å². The van der Waals surface area contributed by atoms with E-state index in [-0.39, 0.29) is 5.56 Å². The van der Waals surface area contributed by atoms with Crippen molar-refractivity contribution in [2.75, 3.05) is 7.11 Å². The monoisotopic (exact) mass is 321 g/mol. The quantitative estimate of drug-likeness (QED) is 0.470. The van der Waals surface area contributed by atoms with Crippen LogP contribution in [0.3, 0.4) is 0 Å². The Morgan fingerprint density at radius 2 is 2.14 bits per heavy atom. The molecule has 1 rings (SSSR count). The van der Waals surface area contributed by atoms with Gasteiger partial charge in [-0.1, -0.05) is 6.92 Å². The van der Waals surface area contributed by atoms with E-state index in [1.807, 2.05) is 0 Å². The lowest BCUT2D eigenvalue weighted by Crippen LogP contribution is -2.06. The summed E-state index contributed by atoms with van der Waals surface area (Å²) in [6, 6.07) is 1.93. The normalized spacial score (nSPS) is 15.3. The molecule has 7 nitrogen and oxygen atoms in total. The van der Waals surface area contributed by atoms with E-state index in [1.54, 1.807) is 13.8 Å². The number of nitro benzene ring substituents is 1. The van der Waals surface area contributed by atoms with Crippen LogP contribution in [0.1, 0.15) is 25.8 Å². The fraction of sp³-hybridized carbons (Fsp3) is 0.500. The van der Waals surface area contributed by atoms with Crippen LogP contribution in [0.5, 0.6) is 5.75 Å². The molecule has 0 aliphatic rings. The number of hydrogen-bond acceptors (Lipinski definition) is 5. The van der Waals surface area contributed by atoms with Gasteiger partial charge in [-0.15, -0.1) is 0 Å². The molecule has 0 spiro atoms. The maximum absolute atomic E-state index is 13.7. The Bertz CT molecular complexity index is 579. The molecule has 2 atom stereocenters. The third-order valence-electron chi connectivity index (χ3n) is 2.79. The molecule has 0 bridgehead atoms. The van der Waals surface area contributed by atoms with Crippen LogP contribution in [0.25, 0.3) is 0 Å². The van der Waals surface area contributed by atoms with E-state index in [9.17, 15) is 24.0 Å². The van der Waals surface area contributed by atoms with Crippen molar-refractivity contribution < 1.29 is 28.0 Å². The molecule has 1 aromatic carbocycles. The zero-order chi connectivity index (χ0) is 16.2. The van der Waals surface area contributed by atoms with Crippen molar-refractivity contribution in [3.8, 4) is 5.75 Å². The fourth-order valence-corrected chi connectivity index (χ4v) is 3.12. The predicted molar refractivity (Wildman–Crippen MR) is 74.0 cm³/mol. The highest BCUT2D eigenvalue weighted by atomic mass is 31.2. The molecule has 21 heavy (non-hydrogen) atoms. The van der Waals surface area contributed by atoms with E-state index in [2.05, 4.69) is 4.74 Å². The van der Waals surface area contributed by atoms with E-state index >= 15 is 0 Å². The molecule has 0 saturated carbocycles. The highest BCUT2D eigenvalue weighted by Crippen LogP contribution is 2.48. The zero-order valence-electron chi connectivity index (χ0n) is 11.9. The molecule has 0 radical (unpaired) electrons. The lowest BCUT2D eigenvalue weighted by atomic mass is 10.2. The number of benzene rings is 1. The number of nitro groups is 1. The second-order valence-electron chi connectivity index (χ2n) is 4.51. The lowest BCUT2D eigenvalue weighted by molar-refractivity contribution is -0.386. The molecular weight excluding hydrogens is 304 g/mol. The van der Waals surface area contributed by atoms with Crippen LogP contribution >= 0.6 is 7.60 Å². The number of nitrogens with zero attached hydrogens (tertiary/aromatic N) is 1. The van der Waals surface area contributed by atoms with Crippen LogP contribution in [0.15, 0.2) is 12.1 Å². The van der Waals surface area contributed by atoms with Gasteiger partial charge in [0.05, 0.1) is 24.3 Å². The van der Waals surface area contributed by atoms with E-state index < -0.39 is 42.0 Å². The number of rotatable bonds is 7. The first-order valence-corrected chi connectivity index (χ1v) is 7.97. The van der Waals surface area contributed by atoms with Crippen molar-refractivity contribution >= 4 is 13.3 Å². The van der Waals surface area contributed by atoms with Crippen molar-refractivity contribution in [3.05, 3.63) is 33.6 Å². The summed E-state index contributed by atoms with van der Waals surface area (Å²) < 4.78 is 35.2. The third kappa shape index (κ3) is 4.77. The largest absolute Gasteiger partial charge is 0.488 e. The molecule has 0 heterocycles. The van der Waals surface area contributed by atoms with Crippen molar-refractivity contribution in [2.45, 2.75) is 32.5 Å². The maximum atomic E-state index is 13.7. The van der Waals surface area contributed by atoms with Gasteiger partial charge >= 0.3 is 13.3 Å². The minimum atomic E-state index is -4.01. The van der Waals surface area contributed by atoms with Gasteiger partial charge in [-0.05, 0) is 25.0 Å². The average molecular weight is 321 g/mol. The molecule has 118 valence electrons. The van der Waals surface area contributed by atoms with Gasteiger partial charge in [-0.25, -0.2) is 4.39 Å². The summed E-state index contributed by atoms with van der Waals surface area (Å²) in [4.78, 5) is 19.8. The second-order valence-corrected chi connectivity index (χ2v) is 6.31. The van der Waals surface area contributed by atoms with Gasteiger partial charge in [-0.2, -0.15) is 0 Å². The van der Waals surface area contributed by atoms with Crippen molar-refractivity contribution in [1.82, 2.24) is 0 Å². The lowest BCUT2D eigenvalue weighted by Gasteiger charge is -2.17. The third-order valence-corrected chi connectivity index (χ3v) is 4.24. The molecule has 0 aromatic heterocycles. The first-order valence-electron chi connectivity index (χ1n) is 6.21. The zero-order valence-corrected chi connectivity index (χ0v) is 12.8. The Morgan fingerprint density at radius 3 is 2.62 bits per heavy atom. The summed E-state index contributed by atoms with van der Waals surface area (Å²) in [5, 5.41) is 10.9. The van der Waals surface area contributed by atoms with Gasteiger partial charge < -0.3 is 14.2 Å². The number of halogens is 1. The van der Waals surface area contributed by atoms with Crippen molar-refractivity contribution in [2.24, 2.45) is 0 Å². The Kier molecular flexibility index (Phi) is 5.83. The predicted octanol–water partition coefficient (Wildman–Crippen LogP) is 3.24. The molecule has 0 aliphatic carbocycles. The summed E-state index contributed by atoms with van der Waals surface area (Å²) in [6.07, 6.45) is -0.431. The van der Waals surface area contributed by atoms with Gasteiger partial charge in [0.2, 0.25) is 5.75 Å². The average Bonchev–Trinajstić information content (AvgIpc) is 2.36. The molecule has 1 aromatic rings. The summed E-state index contributed by atoms with van der Waals surface area (Å²) in [5.74, 6) is -1.48. The molecule has 0 aliphatic heterocycles. The second kappa shape index (κ2) is 6.98. The van der Waals surface area contributed by atoms with Crippen LogP contribution in [0.4, 0.5) is 10.1 Å². The summed E-state index contributed by atoms with van der Waals surface area (Å²) in [6.45, 7) is 3.41. The standard InChI is InChI=1S/C12H17FNO6P/c1-4-8(2)20-21(17,18)7-9-5-10(13)12(19-3)11(6-9)14(15)16/h5-6,8H,4,7H2,1-3H3,(H,17,18). The number of ether oxygens (including phenoxy) is 1. The van der Waals surface area contributed by atoms with Crippen LogP contribution in [0, 0.1) is 15.9 Å². The minimum Gasteiger partial charge on any atom is -0.488 e. The van der Waals surface area contributed by atoms with Gasteiger partial charge in [-0.3, -0.25) is 14.7 Å². The molecule has 2 unspecified atom stereocenters. The van der Waals surface area contributed by atoms with Crippen LogP contribution in [-0.4, -0.2) is 23.0 Å². The molecule has 0 fully saturated rings. The van der Waals surface area contributed by atoms with Crippen molar-refractivity contribution in [1.29, 1.82) is 0 Å². The van der Waals surface area contributed by atoms with E-state index in [0.717, 1.165) is 19.2 Å². The molecule has 9 heteroatoms. The first-order chi connectivity index (χ1) is 9.70. The highest BCUT2D eigenvalue weighted by Gasteiger charge is 2.27. The van der Waals surface area contributed by atoms with Crippen LogP contribution in [-0.2, 0) is 15.3 Å². The van der Waals surface area contributed by atoms with Crippen LogP contribution in [0.2, 0.25) is 0 Å². The first kappa shape index (κ1) is 17.6. The Balaban J connectivity index is 3.10. The van der Waals surface area contributed by atoms with Crippen LogP contribution < -0.4 is 4.74 Å². The Morgan fingerprint density at radius 1 is 1.52 bits per heavy atom. The highest BCUT2D eigenvalue weighted by molar-refractivity contribution is 7.51. The number of methoxy groups -OCH3 is 1. The minimum absolute atomic E-state index is 0.00543. The van der Waals surface area contributed by atoms with Gasteiger partial charge in [0, 0.05) is 6.07 Å². The smallest absolute Gasteiger partial charge is 0.332 e. The Hall–Kier alpha value is -1.50.